The molecule has 6 heteroatoms. The summed E-state index contributed by atoms with van der Waals surface area (Å²) in [6, 6.07) is 0. The highest BCUT2D eigenvalue weighted by atomic mass is 19.1. The third-order valence-corrected chi connectivity index (χ3v) is 2.66. The second-order valence-corrected chi connectivity index (χ2v) is 3.71. The molecule has 1 heterocycles. The van der Waals surface area contributed by atoms with Crippen molar-refractivity contribution in [3.63, 3.8) is 0 Å². The molecule has 0 unspecified atom stereocenters. The topological polar surface area (TPSA) is 75.9 Å². The quantitative estimate of drug-likeness (QED) is 0.514. The first kappa shape index (κ1) is 10.1. The van der Waals surface area contributed by atoms with Crippen LogP contribution in [0.25, 0.3) is 0 Å². The highest BCUT2D eigenvalue weighted by molar-refractivity contribution is 5.40. The Kier molecular flexibility index (Phi) is 2.96. The molecule has 1 aliphatic rings. The van der Waals surface area contributed by atoms with E-state index < -0.39 is 5.82 Å². The van der Waals surface area contributed by atoms with Gasteiger partial charge in [0.15, 0.2) is 11.6 Å². The van der Waals surface area contributed by atoms with Crippen molar-refractivity contribution in [1.29, 1.82) is 0 Å². The zero-order chi connectivity index (χ0) is 10.7. The number of nitrogens with zero attached hydrogens (tertiary/aromatic N) is 2. The van der Waals surface area contributed by atoms with Crippen LogP contribution in [0.1, 0.15) is 19.3 Å². The third-order valence-electron chi connectivity index (χ3n) is 2.66. The predicted octanol–water partition coefficient (Wildman–Crippen LogP) is 1.11. The summed E-state index contributed by atoms with van der Waals surface area (Å²) in [7, 11) is 0. The summed E-state index contributed by atoms with van der Waals surface area (Å²) in [6.07, 6.45) is 4.79. The Hall–Kier alpha value is -1.43. The van der Waals surface area contributed by atoms with Gasteiger partial charge in [-0.2, -0.15) is 4.98 Å². The average molecular weight is 211 g/mol. The molecule has 1 fully saturated rings. The van der Waals surface area contributed by atoms with Gasteiger partial charge in [0.1, 0.15) is 0 Å². The summed E-state index contributed by atoms with van der Waals surface area (Å²) in [4.78, 5) is 7.54. The maximum atomic E-state index is 13.2. The minimum atomic E-state index is -0.451. The number of aromatic nitrogens is 2. The van der Waals surface area contributed by atoms with Gasteiger partial charge in [-0.15, -0.1) is 0 Å². The van der Waals surface area contributed by atoms with Crippen LogP contribution in [-0.2, 0) is 0 Å². The van der Waals surface area contributed by atoms with Crippen molar-refractivity contribution in [3.8, 4) is 0 Å². The fourth-order valence-electron chi connectivity index (χ4n) is 1.50. The molecule has 82 valence electrons. The Labute approximate surface area is 87.3 Å². The van der Waals surface area contributed by atoms with Crippen molar-refractivity contribution in [2.45, 2.75) is 19.3 Å². The molecule has 0 spiro atoms. The highest BCUT2D eigenvalue weighted by Gasteiger charge is 2.17. The first-order valence-corrected chi connectivity index (χ1v) is 5.02. The first-order chi connectivity index (χ1) is 7.29. The van der Waals surface area contributed by atoms with E-state index in [0.29, 0.717) is 5.92 Å². The molecular formula is C9H14FN5. The molecule has 1 aromatic rings. The molecule has 1 aliphatic carbocycles. The number of hydrogen-bond donors (Lipinski definition) is 3. The lowest BCUT2D eigenvalue weighted by Crippen LogP contribution is -2.22. The molecule has 1 saturated carbocycles. The van der Waals surface area contributed by atoms with E-state index in [-0.39, 0.29) is 11.8 Å². The van der Waals surface area contributed by atoms with Crippen molar-refractivity contribution in [3.05, 3.63) is 12.0 Å². The maximum absolute atomic E-state index is 13.2. The molecule has 4 N–H and O–H groups in total. The Morgan fingerprint density at radius 3 is 2.93 bits per heavy atom. The van der Waals surface area contributed by atoms with E-state index in [9.17, 15) is 4.39 Å². The minimum absolute atomic E-state index is 0.213. The SMILES string of the molecule is NNc1ncc(F)c(NCC2CCC2)n1. The summed E-state index contributed by atoms with van der Waals surface area (Å²) >= 11 is 0. The summed E-state index contributed by atoms with van der Waals surface area (Å²) in [5, 5.41) is 2.97. The number of hydrogen-bond acceptors (Lipinski definition) is 5. The van der Waals surface area contributed by atoms with Crippen molar-refractivity contribution in [2.24, 2.45) is 11.8 Å². The zero-order valence-electron chi connectivity index (χ0n) is 8.33. The molecule has 0 amide bonds. The van der Waals surface area contributed by atoms with E-state index in [0.717, 1.165) is 12.7 Å². The fourth-order valence-corrected chi connectivity index (χ4v) is 1.50. The molecule has 0 bridgehead atoms. The van der Waals surface area contributed by atoms with Crippen LogP contribution in [0.3, 0.4) is 0 Å². The van der Waals surface area contributed by atoms with Crippen LogP contribution in [0.2, 0.25) is 0 Å². The number of halogens is 1. The van der Waals surface area contributed by atoms with Gasteiger partial charge in [0.05, 0.1) is 6.20 Å². The molecule has 15 heavy (non-hydrogen) atoms. The lowest BCUT2D eigenvalue weighted by molar-refractivity contribution is 0.333. The summed E-state index contributed by atoms with van der Waals surface area (Å²) in [6.45, 7) is 0.762. The molecule has 0 atom stereocenters. The standard InChI is InChI=1S/C9H14FN5/c10-7-5-13-9(15-11)14-8(7)12-4-6-2-1-3-6/h5-6H,1-4,11H2,(H2,12,13,14,15). The van der Waals surface area contributed by atoms with Gasteiger partial charge in [-0.3, -0.25) is 5.43 Å². The number of rotatable bonds is 4. The molecule has 5 nitrogen and oxygen atoms in total. The van der Waals surface area contributed by atoms with Gasteiger partial charge in [-0.25, -0.2) is 15.2 Å². The lowest BCUT2D eigenvalue weighted by atomic mass is 9.85. The lowest BCUT2D eigenvalue weighted by Gasteiger charge is -2.25. The Balaban J connectivity index is 1.98. The zero-order valence-corrected chi connectivity index (χ0v) is 8.33. The molecule has 0 radical (unpaired) electrons. The van der Waals surface area contributed by atoms with Crippen LogP contribution in [0.5, 0.6) is 0 Å². The number of hydrazine groups is 1. The second-order valence-electron chi connectivity index (χ2n) is 3.71. The van der Waals surface area contributed by atoms with E-state index in [1.807, 2.05) is 0 Å². The van der Waals surface area contributed by atoms with E-state index in [4.69, 9.17) is 5.84 Å². The second kappa shape index (κ2) is 4.39. The van der Waals surface area contributed by atoms with Crippen LogP contribution in [0, 0.1) is 11.7 Å². The van der Waals surface area contributed by atoms with Crippen molar-refractivity contribution >= 4 is 11.8 Å². The number of nitrogens with two attached hydrogens (primary N) is 1. The fraction of sp³-hybridized carbons (Fsp3) is 0.556. The largest absolute Gasteiger partial charge is 0.367 e. The van der Waals surface area contributed by atoms with Crippen LogP contribution >= 0.6 is 0 Å². The van der Waals surface area contributed by atoms with E-state index in [1.165, 1.54) is 19.3 Å². The molecule has 0 saturated heterocycles. The summed E-state index contributed by atoms with van der Waals surface area (Å²) < 4.78 is 13.2. The van der Waals surface area contributed by atoms with Gasteiger partial charge in [0.25, 0.3) is 0 Å². The van der Waals surface area contributed by atoms with Crippen molar-refractivity contribution < 1.29 is 4.39 Å². The third kappa shape index (κ3) is 2.33. The van der Waals surface area contributed by atoms with E-state index >= 15 is 0 Å². The van der Waals surface area contributed by atoms with Gasteiger partial charge in [0.2, 0.25) is 5.95 Å². The number of anilines is 2. The van der Waals surface area contributed by atoms with E-state index in [2.05, 4.69) is 20.7 Å². The van der Waals surface area contributed by atoms with Crippen LogP contribution in [-0.4, -0.2) is 16.5 Å². The van der Waals surface area contributed by atoms with Crippen LogP contribution in [0.4, 0.5) is 16.2 Å². The van der Waals surface area contributed by atoms with Gasteiger partial charge in [0, 0.05) is 6.54 Å². The van der Waals surface area contributed by atoms with Crippen LogP contribution < -0.4 is 16.6 Å². The maximum Gasteiger partial charge on any atom is 0.239 e. The highest BCUT2D eigenvalue weighted by Crippen LogP contribution is 2.26. The molecular weight excluding hydrogens is 197 g/mol. The van der Waals surface area contributed by atoms with Gasteiger partial charge < -0.3 is 5.32 Å². The minimum Gasteiger partial charge on any atom is -0.367 e. The Morgan fingerprint density at radius 2 is 2.33 bits per heavy atom. The smallest absolute Gasteiger partial charge is 0.239 e. The average Bonchev–Trinajstić information content (AvgIpc) is 2.18. The summed E-state index contributed by atoms with van der Waals surface area (Å²) in [5.74, 6) is 5.76. The molecule has 2 rings (SSSR count). The monoisotopic (exact) mass is 211 g/mol. The van der Waals surface area contributed by atoms with Crippen molar-refractivity contribution in [1.82, 2.24) is 9.97 Å². The van der Waals surface area contributed by atoms with Crippen molar-refractivity contribution in [2.75, 3.05) is 17.3 Å². The predicted molar refractivity (Wildman–Crippen MR) is 55.6 cm³/mol. The van der Waals surface area contributed by atoms with E-state index in [1.54, 1.807) is 0 Å². The molecule has 0 aromatic carbocycles. The normalized spacial score (nSPS) is 15.9. The Morgan fingerprint density at radius 1 is 1.53 bits per heavy atom. The summed E-state index contributed by atoms with van der Waals surface area (Å²) in [5.41, 5.74) is 2.28. The van der Waals surface area contributed by atoms with Gasteiger partial charge >= 0.3 is 0 Å². The van der Waals surface area contributed by atoms with Crippen LogP contribution in [0.15, 0.2) is 6.20 Å². The van der Waals surface area contributed by atoms with Gasteiger partial charge in [-0.05, 0) is 18.8 Å². The van der Waals surface area contributed by atoms with Gasteiger partial charge in [-0.1, -0.05) is 6.42 Å². The first-order valence-electron chi connectivity index (χ1n) is 5.02. The Bertz CT molecular complexity index is 339. The molecule has 0 aliphatic heterocycles. The molecule has 1 aromatic heterocycles. The number of nitrogen functional groups attached to an aromatic ring is 1. The number of nitrogens with one attached hydrogen (secondary N) is 2.